The molecule has 3 rings (SSSR count). The first-order chi connectivity index (χ1) is 6.86. The lowest BCUT2D eigenvalue weighted by Gasteiger charge is -1.96. The van der Waals surface area contributed by atoms with E-state index in [1.807, 2.05) is 11.3 Å². The summed E-state index contributed by atoms with van der Waals surface area (Å²) >= 11 is 1.81. The molecule has 0 saturated heterocycles. The summed E-state index contributed by atoms with van der Waals surface area (Å²) in [6, 6.07) is 9.08. The molecule has 1 aromatic carbocycles. The summed E-state index contributed by atoms with van der Waals surface area (Å²) in [6.07, 6.45) is 2.75. The number of hydrogen-bond donors (Lipinski definition) is 1. The molecule has 72 valence electrons. The molecule has 0 atom stereocenters. The highest BCUT2D eigenvalue weighted by Crippen LogP contribution is 2.41. The van der Waals surface area contributed by atoms with Crippen LogP contribution in [-0.2, 0) is 6.54 Å². The Kier molecular flexibility index (Phi) is 1.85. The standard InChI is InChI=1S/C12H13NS/c13-7-11-6-10-5-9(8-1-2-8)3-4-12(10)14-11/h3-6,8H,1-2,7,13H2. The van der Waals surface area contributed by atoms with Crippen LogP contribution in [-0.4, -0.2) is 0 Å². The molecule has 0 spiro atoms. The van der Waals surface area contributed by atoms with Gasteiger partial charge in [-0.05, 0) is 41.8 Å². The molecule has 1 aliphatic carbocycles. The molecule has 14 heavy (non-hydrogen) atoms. The van der Waals surface area contributed by atoms with Gasteiger partial charge in [0.2, 0.25) is 0 Å². The predicted molar refractivity (Wildman–Crippen MR) is 61.7 cm³/mol. The Hall–Kier alpha value is -0.860. The van der Waals surface area contributed by atoms with Crippen molar-refractivity contribution in [2.45, 2.75) is 25.3 Å². The molecule has 0 aliphatic heterocycles. The number of hydrogen-bond acceptors (Lipinski definition) is 2. The molecule has 2 aromatic rings. The summed E-state index contributed by atoms with van der Waals surface area (Å²) in [5, 5.41) is 1.37. The van der Waals surface area contributed by atoms with Crippen molar-refractivity contribution in [3.8, 4) is 0 Å². The average Bonchev–Trinajstić information content (AvgIpc) is 2.97. The second-order valence-corrected chi connectivity index (χ2v) is 5.16. The van der Waals surface area contributed by atoms with Crippen LogP contribution >= 0.6 is 11.3 Å². The van der Waals surface area contributed by atoms with E-state index in [1.54, 1.807) is 0 Å². The summed E-state index contributed by atoms with van der Waals surface area (Å²) in [5.74, 6) is 0.848. The molecule has 1 fully saturated rings. The SMILES string of the molecule is NCc1cc2cc(C3CC3)ccc2s1. The Balaban J connectivity index is 2.12. The van der Waals surface area contributed by atoms with Gasteiger partial charge in [0.15, 0.2) is 0 Å². The highest BCUT2D eigenvalue weighted by atomic mass is 32.1. The molecular weight excluding hydrogens is 190 g/mol. The van der Waals surface area contributed by atoms with E-state index in [4.69, 9.17) is 5.73 Å². The third kappa shape index (κ3) is 1.35. The zero-order valence-corrected chi connectivity index (χ0v) is 8.81. The maximum atomic E-state index is 5.63. The van der Waals surface area contributed by atoms with Crippen molar-refractivity contribution < 1.29 is 0 Å². The Bertz CT molecular complexity index is 468. The molecule has 0 bridgehead atoms. The van der Waals surface area contributed by atoms with Gasteiger partial charge in [0.05, 0.1) is 0 Å². The van der Waals surface area contributed by atoms with Crippen LogP contribution in [0.3, 0.4) is 0 Å². The first kappa shape index (κ1) is 8.45. The van der Waals surface area contributed by atoms with Crippen LogP contribution in [0.5, 0.6) is 0 Å². The Morgan fingerprint density at radius 2 is 2.14 bits per heavy atom. The minimum atomic E-state index is 0.665. The number of thiophene rings is 1. The van der Waals surface area contributed by atoms with Gasteiger partial charge in [0.25, 0.3) is 0 Å². The van der Waals surface area contributed by atoms with Crippen molar-refractivity contribution in [1.29, 1.82) is 0 Å². The predicted octanol–water partition coefficient (Wildman–Crippen LogP) is 3.24. The first-order valence-corrected chi connectivity index (χ1v) is 5.91. The normalized spacial score (nSPS) is 16.4. The van der Waals surface area contributed by atoms with E-state index in [0.29, 0.717) is 6.54 Å². The fourth-order valence-electron chi connectivity index (χ4n) is 1.89. The van der Waals surface area contributed by atoms with Gasteiger partial charge in [-0.15, -0.1) is 11.3 Å². The van der Waals surface area contributed by atoms with Crippen molar-refractivity contribution in [1.82, 2.24) is 0 Å². The number of fused-ring (bicyclic) bond motifs is 1. The third-order valence-electron chi connectivity index (χ3n) is 2.84. The zero-order valence-electron chi connectivity index (χ0n) is 7.99. The third-order valence-corrected chi connectivity index (χ3v) is 3.98. The van der Waals surface area contributed by atoms with Gasteiger partial charge >= 0.3 is 0 Å². The largest absolute Gasteiger partial charge is 0.326 e. The van der Waals surface area contributed by atoms with Crippen molar-refractivity contribution in [3.05, 3.63) is 34.7 Å². The Morgan fingerprint density at radius 1 is 1.29 bits per heavy atom. The molecule has 1 saturated carbocycles. The Labute approximate surface area is 87.5 Å². The minimum Gasteiger partial charge on any atom is -0.326 e. The summed E-state index contributed by atoms with van der Waals surface area (Å²) < 4.78 is 1.37. The molecule has 0 unspecified atom stereocenters. The maximum absolute atomic E-state index is 5.63. The lowest BCUT2D eigenvalue weighted by molar-refractivity contribution is 1.11. The van der Waals surface area contributed by atoms with Crippen LogP contribution in [0.4, 0.5) is 0 Å². The molecule has 1 nitrogen and oxygen atoms in total. The molecule has 1 aromatic heterocycles. The van der Waals surface area contributed by atoms with Gasteiger partial charge in [-0.3, -0.25) is 0 Å². The van der Waals surface area contributed by atoms with E-state index in [1.165, 1.54) is 33.4 Å². The molecule has 2 heteroatoms. The molecule has 1 aliphatic rings. The van der Waals surface area contributed by atoms with Gasteiger partial charge in [0.1, 0.15) is 0 Å². The van der Waals surface area contributed by atoms with Gasteiger partial charge in [-0.25, -0.2) is 0 Å². The number of rotatable bonds is 2. The zero-order chi connectivity index (χ0) is 9.54. The fraction of sp³-hybridized carbons (Fsp3) is 0.333. The van der Waals surface area contributed by atoms with Crippen LogP contribution < -0.4 is 5.73 Å². The van der Waals surface area contributed by atoms with Crippen molar-refractivity contribution in [2.75, 3.05) is 0 Å². The second-order valence-electron chi connectivity index (χ2n) is 3.99. The molecule has 0 radical (unpaired) electrons. The van der Waals surface area contributed by atoms with Crippen molar-refractivity contribution >= 4 is 21.4 Å². The van der Waals surface area contributed by atoms with Crippen molar-refractivity contribution in [3.63, 3.8) is 0 Å². The summed E-state index contributed by atoms with van der Waals surface area (Å²) in [6.45, 7) is 0.665. The minimum absolute atomic E-state index is 0.665. The van der Waals surface area contributed by atoms with Crippen molar-refractivity contribution in [2.24, 2.45) is 5.73 Å². The van der Waals surface area contributed by atoms with Crippen LogP contribution in [0.1, 0.15) is 29.2 Å². The molecular formula is C12H13NS. The van der Waals surface area contributed by atoms with E-state index < -0.39 is 0 Å². The van der Waals surface area contributed by atoms with Gasteiger partial charge in [0, 0.05) is 16.1 Å². The summed E-state index contributed by atoms with van der Waals surface area (Å²) in [4.78, 5) is 1.29. The van der Waals surface area contributed by atoms with Gasteiger partial charge < -0.3 is 5.73 Å². The van der Waals surface area contributed by atoms with Crippen LogP contribution in [0, 0.1) is 0 Å². The number of benzene rings is 1. The Morgan fingerprint density at radius 3 is 2.86 bits per heavy atom. The van der Waals surface area contributed by atoms with E-state index in [-0.39, 0.29) is 0 Å². The smallest absolute Gasteiger partial charge is 0.0346 e. The molecule has 1 heterocycles. The lowest BCUT2D eigenvalue weighted by atomic mass is 10.1. The highest BCUT2D eigenvalue weighted by Gasteiger charge is 2.23. The maximum Gasteiger partial charge on any atom is 0.0346 e. The quantitative estimate of drug-likeness (QED) is 0.796. The monoisotopic (exact) mass is 203 g/mol. The fourth-order valence-corrected chi connectivity index (χ4v) is 2.81. The topological polar surface area (TPSA) is 26.0 Å². The van der Waals surface area contributed by atoms with Crippen LogP contribution in [0.2, 0.25) is 0 Å². The first-order valence-electron chi connectivity index (χ1n) is 5.09. The van der Waals surface area contributed by atoms with Crippen LogP contribution in [0.15, 0.2) is 24.3 Å². The van der Waals surface area contributed by atoms with E-state index in [0.717, 1.165) is 5.92 Å². The second kappa shape index (κ2) is 3.07. The lowest BCUT2D eigenvalue weighted by Crippen LogP contribution is -1.91. The van der Waals surface area contributed by atoms with E-state index in [9.17, 15) is 0 Å². The number of nitrogens with two attached hydrogens (primary N) is 1. The molecule has 0 amide bonds. The summed E-state index contributed by atoms with van der Waals surface area (Å²) in [7, 11) is 0. The van der Waals surface area contributed by atoms with Crippen LogP contribution in [0.25, 0.3) is 10.1 Å². The van der Waals surface area contributed by atoms with E-state index >= 15 is 0 Å². The van der Waals surface area contributed by atoms with E-state index in [2.05, 4.69) is 24.3 Å². The molecule has 2 N–H and O–H groups in total. The average molecular weight is 203 g/mol. The summed E-state index contributed by atoms with van der Waals surface area (Å²) in [5.41, 5.74) is 7.15. The van der Waals surface area contributed by atoms with Gasteiger partial charge in [-0.1, -0.05) is 12.1 Å². The van der Waals surface area contributed by atoms with Gasteiger partial charge in [-0.2, -0.15) is 0 Å². The highest BCUT2D eigenvalue weighted by molar-refractivity contribution is 7.19.